The molecule has 1 amide bonds. The van der Waals surface area contributed by atoms with Gasteiger partial charge in [0.25, 0.3) is 5.91 Å². The number of carbonyl (C=O) groups excluding carboxylic acids is 1. The molecule has 0 bridgehead atoms. The first kappa shape index (κ1) is 28.4. The van der Waals surface area contributed by atoms with Crippen LogP contribution in [0.1, 0.15) is 48.5 Å². The Morgan fingerprint density at radius 1 is 1.05 bits per heavy atom. The van der Waals surface area contributed by atoms with Crippen LogP contribution >= 0.6 is 23.2 Å². The molecule has 0 aromatic heterocycles. The van der Waals surface area contributed by atoms with Crippen molar-refractivity contribution in [1.82, 2.24) is 10.4 Å². The molecule has 1 saturated heterocycles. The van der Waals surface area contributed by atoms with Gasteiger partial charge in [0.05, 0.1) is 6.61 Å². The number of piperidine rings is 1. The molecule has 3 aromatic carbocycles. The molecule has 9 heteroatoms. The fourth-order valence-corrected chi connectivity index (χ4v) is 5.63. The second-order valence-corrected chi connectivity index (χ2v) is 10.9. The number of aliphatic hydroxyl groups excluding tert-OH is 1. The Balaban J connectivity index is 1.56. The maximum atomic E-state index is 14.3. The highest BCUT2D eigenvalue weighted by atomic mass is 35.5. The van der Waals surface area contributed by atoms with Crippen LogP contribution in [0, 0.1) is 0 Å². The van der Waals surface area contributed by atoms with Crippen molar-refractivity contribution in [3.8, 4) is 5.75 Å². The van der Waals surface area contributed by atoms with Crippen LogP contribution in [0.4, 0.5) is 0 Å². The standard InChI is InChI=1S/C31H33Cl2N3O4/c32-24-12-15-26(27(33)20-24)28-31(21-22-8-3-1-4-9-22,30(38)35-36-16-5-2-6-17-36)34-29(40-28)23-10-13-25(14-11-23)39-19-7-18-37/h1,3-4,8-15,20,28,37H,2,5-7,16-19,21H2,(H,35,38)/t28-,31-/m0/s1. The average Bonchev–Trinajstić information content (AvgIpc) is 3.35. The smallest absolute Gasteiger partial charge is 0.266 e. The van der Waals surface area contributed by atoms with E-state index in [1.54, 1.807) is 18.2 Å². The molecule has 7 nitrogen and oxygen atoms in total. The normalized spacial score (nSPS) is 21.0. The van der Waals surface area contributed by atoms with E-state index in [0.29, 0.717) is 52.3 Å². The van der Waals surface area contributed by atoms with Gasteiger partial charge in [-0.3, -0.25) is 10.2 Å². The predicted octanol–water partition coefficient (Wildman–Crippen LogP) is 5.77. The molecular weight excluding hydrogens is 549 g/mol. The van der Waals surface area contributed by atoms with Gasteiger partial charge >= 0.3 is 0 Å². The van der Waals surface area contributed by atoms with Crippen LogP contribution in [-0.4, -0.2) is 53.8 Å². The number of nitrogens with one attached hydrogen (secondary N) is 1. The fourth-order valence-electron chi connectivity index (χ4n) is 5.13. The van der Waals surface area contributed by atoms with Crippen LogP contribution in [0.2, 0.25) is 10.0 Å². The highest BCUT2D eigenvalue weighted by molar-refractivity contribution is 6.35. The molecule has 2 aliphatic heterocycles. The second-order valence-electron chi connectivity index (χ2n) is 10.1. The number of aliphatic imine (C=N–C) groups is 1. The monoisotopic (exact) mass is 581 g/mol. The molecule has 2 atom stereocenters. The molecule has 0 spiro atoms. The van der Waals surface area contributed by atoms with Gasteiger partial charge in [-0.2, -0.15) is 0 Å². The summed E-state index contributed by atoms with van der Waals surface area (Å²) in [6.07, 6.45) is 3.26. The van der Waals surface area contributed by atoms with E-state index in [4.69, 9.17) is 42.8 Å². The number of hydrogen-bond donors (Lipinski definition) is 2. The third-order valence-corrected chi connectivity index (χ3v) is 7.77. The molecule has 0 saturated carbocycles. The van der Waals surface area contributed by atoms with Crippen LogP contribution in [-0.2, 0) is 16.0 Å². The van der Waals surface area contributed by atoms with E-state index in [9.17, 15) is 4.79 Å². The van der Waals surface area contributed by atoms with E-state index in [1.807, 2.05) is 59.6 Å². The largest absolute Gasteiger partial charge is 0.494 e. The van der Waals surface area contributed by atoms with Crippen LogP contribution in [0.3, 0.4) is 0 Å². The van der Waals surface area contributed by atoms with Crippen molar-refractivity contribution in [2.75, 3.05) is 26.3 Å². The molecule has 0 radical (unpaired) electrons. The highest BCUT2D eigenvalue weighted by Crippen LogP contribution is 2.45. The summed E-state index contributed by atoms with van der Waals surface area (Å²) in [5.41, 5.74) is 4.13. The maximum Gasteiger partial charge on any atom is 0.266 e. The number of carbonyl (C=O) groups is 1. The molecule has 0 aliphatic carbocycles. The van der Waals surface area contributed by atoms with Gasteiger partial charge < -0.3 is 14.6 Å². The lowest BCUT2D eigenvalue weighted by molar-refractivity contribution is -0.134. The molecule has 2 heterocycles. The summed E-state index contributed by atoms with van der Waals surface area (Å²) in [6, 6.07) is 22.4. The molecule has 40 heavy (non-hydrogen) atoms. The molecule has 2 aliphatic rings. The van der Waals surface area contributed by atoms with Crippen LogP contribution in [0.15, 0.2) is 77.8 Å². The number of hydrogen-bond acceptors (Lipinski definition) is 6. The van der Waals surface area contributed by atoms with Gasteiger partial charge in [0.15, 0.2) is 11.6 Å². The van der Waals surface area contributed by atoms with Crippen molar-refractivity contribution in [2.24, 2.45) is 4.99 Å². The number of benzene rings is 3. The summed E-state index contributed by atoms with van der Waals surface area (Å²) in [5.74, 6) is 0.780. The van der Waals surface area contributed by atoms with Gasteiger partial charge in [0, 0.05) is 53.7 Å². The Morgan fingerprint density at radius 3 is 2.50 bits per heavy atom. The fraction of sp³-hybridized carbons (Fsp3) is 0.355. The number of rotatable bonds is 10. The Kier molecular flexibility index (Phi) is 9.27. The molecule has 3 aromatic rings. The second kappa shape index (κ2) is 13.0. The summed E-state index contributed by atoms with van der Waals surface area (Å²) in [6.45, 7) is 2.06. The van der Waals surface area contributed by atoms with Gasteiger partial charge in [-0.15, -0.1) is 0 Å². The minimum absolute atomic E-state index is 0.0698. The van der Waals surface area contributed by atoms with E-state index in [1.165, 1.54) is 0 Å². The van der Waals surface area contributed by atoms with Gasteiger partial charge in [0.1, 0.15) is 5.75 Å². The van der Waals surface area contributed by atoms with Crippen molar-refractivity contribution >= 4 is 35.0 Å². The van der Waals surface area contributed by atoms with Crippen molar-refractivity contribution in [1.29, 1.82) is 0 Å². The minimum atomic E-state index is -1.33. The lowest BCUT2D eigenvalue weighted by Gasteiger charge is -2.35. The average molecular weight is 583 g/mol. The van der Waals surface area contributed by atoms with E-state index < -0.39 is 11.6 Å². The Hall–Kier alpha value is -3.10. The summed E-state index contributed by atoms with van der Waals surface area (Å²) in [5, 5.41) is 11.9. The Bertz CT molecular complexity index is 1330. The summed E-state index contributed by atoms with van der Waals surface area (Å²) >= 11 is 13.0. The quantitative estimate of drug-likeness (QED) is 0.297. The number of ether oxygens (including phenoxy) is 2. The highest BCUT2D eigenvalue weighted by Gasteiger charge is 2.54. The third kappa shape index (κ3) is 6.44. The van der Waals surface area contributed by atoms with Gasteiger partial charge in [0.2, 0.25) is 5.90 Å². The van der Waals surface area contributed by atoms with E-state index in [0.717, 1.165) is 37.9 Å². The van der Waals surface area contributed by atoms with Gasteiger partial charge in [-0.1, -0.05) is 66.0 Å². The Labute approximate surface area is 244 Å². The molecular formula is C31H33Cl2N3O4. The zero-order valence-electron chi connectivity index (χ0n) is 22.2. The lowest BCUT2D eigenvalue weighted by Crippen LogP contribution is -2.56. The number of nitrogens with zero attached hydrogens (tertiary/aromatic N) is 2. The summed E-state index contributed by atoms with van der Waals surface area (Å²) < 4.78 is 12.2. The summed E-state index contributed by atoms with van der Waals surface area (Å²) in [7, 11) is 0. The SMILES string of the molecule is O=C(NN1CCCCC1)[C@@]1(Cc2ccccc2)N=C(c2ccc(OCCCO)cc2)O[C@H]1c1ccc(Cl)cc1Cl. The van der Waals surface area contributed by atoms with Crippen molar-refractivity contribution in [2.45, 2.75) is 43.7 Å². The zero-order valence-corrected chi connectivity index (χ0v) is 23.7. The predicted molar refractivity (Wildman–Crippen MR) is 157 cm³/mol. The number of amides is 1. The van der Waals surface area contributed by atoms with Gasteiger partial charge in [-0.25, -0.2) is 10.0 Å². The first-order valence-corrected chi connectivity index (χ1v) is 14.4. The van der Waals surface area contributed by atoms with Crippen LogP contribution in [0.5, 0.6) is 5.75 Å². The maximum absolute atomic E-state index is 14.3. The van der Waals surface area contributed by atoms with Crippen LogP contribution < -0.4 is 10.2 Å². The van der Waals surface area contributed by atoms with Gasteiger partial charge in [-0.05, 0) is 54.8 Å². The minimum Gasteiger partial charge on any atom is -0.494 e. The first-order valence-electron chi connectivity index (χ1n) is 13.6. The topological polar surface area (TPSA) is 83.4 Å². The molecule has 210 valence electrons. The number of hydrazine groups is 1. The molecule has 5 rings (SSSR count). The van der Waals surface area contributed by atoms with E-state index in [-0.39, 0.29) is 12.5 Å². The van der Waals surface area contributed by atoms with Crippen molar-refractivity contribution in [3.63, 3.8) is 0 Å². The number of halogens is 2. The Morgan fingerprint density at radius 2 is 1.80 bits per heavy atom. The lowest BCUT2D eigenvalue weighted by atomic mass is 9.82. The number of aliphatic hydroxyl groups is 1. The van der Waals surface area contributed by atoms with Crippen molar-refractivity contribution < 1.29 is 19.4 Å². The first-order chi connectivity index (χ1) is 19.5. The third-order valence-electron chi connectivity index (χ3n) is 7.21. The van der Waals surface area contributed by atoms with E-state index in [2.05, 4.69) is 5.43 Å². The van der Waals surface area contributed by atoms with E-state index >= 15 is 0 Å². The van der Waals surface area contributed by atoms with Crippen LogP contribution in [0.25, 0.3) is 0 Å². The molecule has 2 N–H and O–H groups in total. The van der Waals surface area contributed by atoms with Crippen molar-refractivity contribution in [3.05, 3.63) is 99.5 Å². The zero-order chi connectivity index (χ0) is 28.0. The molecule has 1 fully saturated rings. The summed E-state index contributed by atoms with van der Waals surface area (Å²) in [4.78, 5) is 19.4. The molecule has 0 unspecified atom stereocenters.